The summed E-state index contributed by atoms with van der Waals surface area (Å²) in [6.07, 6.45) is 1.65. The molecule has 0 fully saturated rings. The van der Waals surface area contributed by atoms with Crippen LogP contribution in [-0.2, 0) is 0 Å². The quantitative estimate of drug-likeness (QED) is 0.884. The molecule has 3 nitrogen and oxygen atoms in total. The summed E-state index contributed by atoms with van der Waals surface area (Å²) in [6.45, 7) is 1.98. The molecule has 0 atom stereocenters. The fourth-order valence-electron chi connectivity index (χ4n) is 1.40. The zero-order valence-electron chi connectivity index (χ0n) is 8.87. The lowest BCUT2D eigenvalue weighted by Crippen LogP contribution is -1.97. The highest BCUT2D eigenvalue weighted by Gasteiger charge is 2.00. The van der Waals surface area contributed by atoms with Crippen LogP contribution in [0.25, 0.3) is 0 Å². The average molecular weight is 278 g/mol. The van der Waals surface area contributed by atoms with Crippen LogP contribution in [0.15, 0.2) is 41.0 Å². The van der Waals surface area contributed by atoms with Crippen LogP contribution in [0.5, 0.6) is 0 Å². The first-order chi connectivity index (χ1) is 7.65. The highest BCUT2D eigenvalue weighted by Crippen LogP contribution is 2.21. The predicted molar refractivity (Wildman–Crippen MR) is 70.8 cm³/mol. The van der Waals surface area contributed by atoms with Crippen LogP contribution in [0.3, 0.4) is 0 Å². The molecule has 1 aromatic heterocycles. The number of aromatic nitrogens is 1. The maximum absolute atomic E-state index is 5.64. The Bertz CT molecular complexity index is 494. The molecule has 2 aromatic rings. The molecule has 0 radical (unpaired) electrons. The van der Waals surface area contributed by atoms with E-state index in [9.17, 15) is 0 Å². The first kappa shape index (κ1) is 11.0. The third-order valence-corrected chi connectivity index (χ3v) is 2.74. The van der Waals surface area contributed by atoms with E-state index in [1.165, 1.54) is 0 Å². The van der Waals surface area contributed by atoms with E-state index in [1.807, 2.05) is 37.3 Å². The van der Waals surface area contributed by atoms with Gasteiger partial charge in [-0.15, -0.1) is 0 Å². The van der Waals surface area contributed by atoms with Gasteiger partial charge in [0.05, 0.1) is 11.9 Å². The maximum Gasteiger partial charge on any atom is 0.133 e. The smallest absolute Gasteiger partial charge is 0.133 e. The Morgan fingerprint density at radius 2 is 1.94 bits per heavy atom. The summed E-state index contributed by atoms with van der Waals surface area (Å²) < 4.78 is 1.06. The molecule has 0 aliphatic carbocycles. The lowest BCUT2D eigenvalue weighted by Gasteiger charge is -2.08. The second-order valence-corrected chi connectivity index (χ2v) is 4.48. The predicted octanol–water partition coefficient (Wildman–Crippen LogP) is 3.48. The van der Waals surface area contributed by atoms with E-state index in [4.69, 9.17) is 5.73 Å². The van der Waals surface area contributed by atoms with E-state index in [2.05, 4.69) is 26.2 Å². The van der Waals surface area contributed by atoms with Crippen molar-refractivity contribution in [3.05, 3.63) is 46.6 Å². The molecule has 2 rings (SSSR count). The van der Waals surface area contributed by atoms with Crippen molar-refractivity contribution in [2.75, 3.05) is 11.1 Å². The normalized spacial score (nSPS) is 10.1. The molecule has 0 spiro atoms. The van der Waals surface area contributed by atoms with Crippen LogP contribution in [0.4, 0.5) is 17.2 Å². The number of hydrogen-bond acceptors (Lipinski definition) is 3. The van der Waals surface area contributed by atoms with Crippen molar-refractivity contribution in [3.63, 3.8) is 0 Å². The van der Waals surface area contributed by atoms with Gasteiger partial charge in [-0.2, -0.15) is 0 Å². The molecule has 82 valence electrons. The van der Waals surface area contributed by atoms with Gasteiger partial charge in [0.15, 0.2) is 0 Å². The van der Waals surface area contributed by atoms with E-state index in [-0.39, 0.29) is 0 Å². The van der Waals surface area contributed by atoms with Gasteiger partial charge in [-0.05, 0) is 42.8 Å². The van der Waals surface area contributed by atoms with Crippen LogP contribution >= 0.6 is 15.9 Å². The van der Waals surface area contributed by atoms with Crippen LogP contribution in [-0.4, -0.2) is 4.98 Å². The second kappa shape index (κ2) is 4.53. The summed E-state index contributed by atoms with van der Waals surface area (Å²) in [7, 11) is 0. The van der Waals surface area contributed by atoms with Crippen LogP contribution in [0, 0.1) is 6.92 Å². The lowest BCUT2D eigenvalue weighted by atomic mass is 10.2. The Hall–Kier alpha value is -1.55. The first-order valence-corrected chi connectivity index (χ1v) is 5.69. The molecule has 0 bridgehead atoms. The van der Waals surface area contributed by atoms with Gasteiger partial charge in [0, 0.05) is 10.2 Å². The number of anilines is 3. The zero-order valence-corrected chi connectivity index (χ0v) is 10.5. The van der Waals surface area contributed by atoms with E-state index in [1.54, 1.807) is 6.20 Å². The highest BCUT2D eigenvalue weighted by atomic mass is 79.9. The van der Waals surface area contributed by atoms with Gasteiger partial charge in [0.1, 0.15) is 5.82 Å². The largest absolute Gasteiger partial charge is 0.397 e. The summed E-state index contributed by atoms with van der Waals surface area (Å²) in [4.78, 5) is 4.25. The fraction of sp³-hybridized carbons (Fsp3) is 0.0833. The number of pyridine rings is 1. The molecule has 0 amide bonds. The average Bonchev–Trinajstić information content (AvgIpc) is 2.25. The second-order valence-electron chi connectivity index (χ2n) is 3.57. The van der Waals surface area contributed by atoms with Gasteiger partial charge in [0.2, 0.25) is 0 Å². The first-order valence-electron chi connectivity index (χ1n) is 4.90. The summed E-state index contributed by atoms with van der Waals surface area (Å²) in [5.41, 5.74) is 8.36. The van der Waals surface area contributed by atoms with Crippen molar-refractivity contribution in [3.8, 4) is 0 Å². The van der Waals surface area contributed by atoms with Gasteiger partial charge < -0.3 is 11.1 Å². The monoisotopic (exact) mass is 277 g/mol. The van der Waals surface area contributed by atoms with E-state index >= 15 is 0 Å². The maximum atomic E-state index is 5.64. The molecule has 0 aliphatic rings. The number of rotatable bonds is 2. The lowest BCUT2D eigenvalue weighted by molar-refractivity contribution is 1.26. The van der Waals surface area contributed by atoms with Crippen molar-refractivity contribution in [1.29, 1.82) is 0 Å². The van der Waals surface area contributed by atoms with Crippen molar-refractivity contribution >= 4 is 33.1 Å². The molecular formula is C12H12BrN3. The molecule has 0 saturated carbocycles. The molecule has 4 heteroatoms. The molecular weight excluding hydrogens is 266 g/mol. The van der Waals surface area contributed by atoms with Crippen LogP contribution < -0.4 is 11.1 Å². The summed E-state index contributed by atoms with van der Waals surface area (Å²) in [5, 5.41) is 3.24. The number of nitrogens with zero attached hydrogens (tertiary/aromatic N) is 1. The summed E-state index contributed by atoms with van der Waals surface area (Å²) in [6, 6.07) is 9.83. The van der Waals surface area contributed by atoms with Crippen LogP contribution in [0.1, 0.15) is 5.56 Å². The van der Waals surface area contributed by atoms with E-state index in [0.717, 1.165) is 21.5 Å². The highest BCUT2D eigenvalue weighted by molar-refractivity contribution is 9.10. The van der Waals surface area contributed by atoms with Crippen molar-refractivity contribution in [1.82, 2.24) is 4.98 Å². The zero-order chi connectivity index (χ0) is 11.5. The molecule has 1 aromatic carbocycles. The molecule has 1 heterocycles. The Labute approximate surface area is 103 Å². The topological polar surface area (TPSA) is 50.9 Å². The molecule has 16 heavy (non-hydrogen) atoms. The SMILES string of the molecule is Cc1cc(N)cnc1Nc1ccc(Br)cc1. The molecule has 0 aliphatic heterocycles. The fourth-order valence-corrected chi connectivity index (χ4v) is 1.66. The van der Waals surface area contributed by atoms with Gasteiger partial charge >= 0.3 is 0 Å². The summed E-state index contributed by atoms with van der Waals surface area (Å²) >= 11 is 3.39. The number of halogens is 1. The third-order valence-electron chi connectivity index (χ3n) is 2.21. The van der Waals surface area contributed by atoms with Gasteiger partial charge in [-0.3, -0.25) is 0 Å². The van der Waals surface area contributed by atoms with E-state index < -0.39 is 0 Å². The van der Waals surface area contributed by atoms with Crippen LogP contribution in [0.2, 0.25) is 0 Å². The molecule has 3 N–H and O–H groups in total. The van der Waals surface area contributed by atoms with Crippen molar-refractivity contribution in [2.24, 2.45) is 0 Å². The standard InChI is InChI=1S/C12H12BrN3/c1-8-6-10(14)7-15-12(8)16-11-4-2-9(13)3-5-11/h2-7H,14H2,1H3,(H,15,16). The minimum atomic E-state index is 0.679. The number of benzene rings is 1. The van der Waals surface area contributed by atoms with Gasteiger partial charge in [-0.1, -0.05) is 15.9 Å². The van der Waals surface area contributed by atoms with Crippen molar-refractivity contribution < 1.29 is 0 Å². The number of aryl methyl sites for hydroxylation is 1. The number of nitrogen functional groups attached to an aromatic ring is 1. The number of nitrogens with two attached hydrogens (primary N) is 1. The summed E-state index contributed by atoms with van der Waals surface area (Å²) in [5.74, 6) is 0.830. The van der Waals surface area contributed by atoms with E-state index in [0.29, 0.717) is 5.69 Å². The van der Waals surface area contributed by atoms with Gasteiger partial charge in [-0.25, -0.2) is 4.98 Å². The number of nitrogens with one attached hydrogen (secondary N) is 1. The minimum Gasteiger partial charge on any atom is -0.397 e. The van der Waals surface area contributed by atoms with Crippen molar-refractivity contribution in [2.45, 2.75) is 6.92 Å². The Morgan fingerprint density at radius 3 is 2.56 bits per heavy atom. The Balaban J connectivity index is 2.23. The third kappa shape index (κ3) is 2.52. The van der Waals surface area contributed by atoms with Gasteiger partial charge in [0.25, 0.3) is 0 Å². The Morgan fingerprint density at radius 1 is 1.25 bits per heavy atom. The number of hydrogen-bond donors (Lipinski definition) is 2. The molecule has 0 unspecified atom stereocenters. The Kier molecular flexibility index (Phi) is 3.10. The minimum absolute atomic E-state index is 0.679. The molecule has 0 saturated heterocycles.